The molecule has 2 unspecified atom stereocenters. The molecule has 1 amide bonds. The number of carbonyl (C=O) groups is 3. The highest BCUT2D eigenvalue weighted by molar-refractivity contribution is 6.00. The Hall–Kier alpha value is -3.67. The number of cyclic esters (lactones) is 1. The predicted octanol–water partition coefficient (Wildman–Crippen LogP) is 4.63. The van der Waals surface area contributed by atoms with Crippen LogP contribution in [0.2, 0.25) is 0 Å². The number of methoxy groups -OCH3 is 1. The van der Waals surface area contributed by atoms with Crippen molar-refractivity contribution in [1.82, 2.24) is 29.7 Å². The maximum absolute atomic E-state index is 14.4. The summed E-state index contributed by atoms with van der Waals surface area (Å²) in [5.74, 6) is -3.14. The third kappa shape index (κ3) is 10.2. The van der Waals surface area contributed by atoms with Crippen LogP contribution in [0.4, 0.5) is 10.5 Å². The molecular formula is C44H71N7O9. The standard InChI is InChI=1S/C44H71N7O9/c1-13-35-44(8)38(51(42(55)60-44)20-15-14-19-50-25-33(46-47-50)31-17-16-18-32(45)22-31)30(6)49(11)24-26(2)23-43(7,56-12)39(28(4)36(52)29(5)40(54)58-35)59-41-37(53)34(48(9)10)21-27(3)57-41/h16-18,22,25-30,34-35,37-39,41,53H,13-15,19-21,23-24,45H2,1-12H3/t26-,27-,28+,29-,30-,34?,35-,37?,38-,39-,41+,43-,44-/m1/s1. The van der Waals surface area contributed by atoms with Crippen LogP contribution in [0.5, 0.6) is 0 Å². The van der Waals surface area contributed by atoms with Crippen molar-refractivity contribution in [3.63, 3.8) is 0 Å². The number of nitrogen functional groups attached to an aromatic ring is 1. The van der Waals surface area contributed by atoms with E-state index in [9.17, 15) is 19.5 Å². The summed E-state index contributed by atoms with van der Waals surface area (Å²) in [6.07, 6.45) is 0.232. The fraction of sp³-hybridized carbons (Fsp3) is 0.750. The summed E-state index contributed by atoms with van der Waals surface area (Å²) in [5.41, 5.74) is 5.97. The highest BCUT2D eigenvalue weighted by atomic mass is 16.7. The molecule has 0 saturated carbocycles. The lowest BCUT2D eigenvalue weighted by molar-refractivity contribution is -0.295. The Kier molecular flexibility index (Phi) is 15.5. The second-order valence-corrected chi connectivity index (χ2v) is 18.3. The number of aromatic nitrogens is 3. The lowest BCUT2D eigenvalue weighted by Crippen LogP contribution is -2.61. The number of carbonyl (C=O) groups excluding carboxylic acids is 3. The van der Waals surface area contributed by atoms with E-state index in [1.165, 1.54) is 0 Å². The van der Waals surface area contributed by atoms with E-state index in [1.54, 1.807) is 30.5 Å². The first-order valence-electron chi connectivity index (χ1n) is 21.6. The van der Waals surface area contributed by atoms with E-state index < -0.39 is 71.5 Å². The SMILES string of the molecule is CC[C@H]1OC(=O)[C@H](C)C(=O)[C@H](C)[C@@H](O[C@@H]2O[C@H](C)CC(N(C)C)C2O)[C@](C)(OC)C[C@@H](C)CN(C)[C@H](C)[C@H]2N(CCCCn3cc(-c4cccc(N)c4)nn3)C(=O)O[C@]12C. The van der Waals surface area contributed by atoms with Gasteiger partial charge in [0.15, 0.2) is 17.7 Å². The summed E-state index contributed by atoms with van der Waals surface area (Å²) in [5, 5.41) is 20.1. The van der Waals surface area contributed by atoms with Crippen molar-refractivity contribution in [2.45, 2.75) is 154 Å². The first kappa shape index (κ1) is 47.4. The van der Waals surface area contributed by atoms with Crippen LogP contribution in [0, 0.1) is 17.8 Å². The number of nitrogens with two attached hydrogens (primary N) is 1. The summed E-state index contributed by atoms with van der Waals surface area (Å²) >= 11 is 0. The fourth-order valence-corrected chi connectivity index (χ4v) is 9.82. The highest BCUT2D eigenvalue weighted by Crippen LogP contribution is 2.41. The molecule has 60 heavy (non-hydrogen) atoms. The molecule has 5 rings (SSSR count). The number of fused-ring (bicyclic) bond motifs is 1. The second-order valence-electron chi connectivity index (χ2n) is 18.3. The molecular weight excluding hydrogens is 771 g/mol. The van der Waals surface area contributed by atoms with E-state index in [-0.39, 0.29) is 24.1 Å². The van der Waals surface area contributed by atoms with Gasteiger partial charge in [-0.25, -0.2) is 4.79 Å². The first-order valence-corrected chi connectivity index (χ1v) is 21.6. The summed E-state index contributed by atoms with van der Waals surface area (Å²) in [6.45, 7) is 16.7. The minimum absolute atomic E-state index is 0.00137. The van der Waals surface area contributed by atoms with E-state index in [2.05, 4.69) is 29.1 Å². The van der Waals surface area contributed by atoms with Crippen molar-refractivity contribution in [3.8, 4) is 11.3 Å². The molecule has 3 aliphatic heterocycles. The molecule has 0 aliphatic carbocycles. The molecule has 2 aromatic rings. The van der Waals surface area contributed by atoms with E-state index in [0.717, 1.165) is 11.3 Å². The Morgan fingerprint density at radius 3 is 2.42 bits per heavy atom. The number of nitrogens with zero attached hydrogens (tertiary/aromatic N) is 6. The number of esters is 1. The molecule has 16 heteroatoms. The molecule has 16 nitrogen and oxygen atoms in total. The van der Waals surface area contributed by atoms with Crippen LogP contribution in [0.15, 0.2) is 30.5 Å². The van der Waals surface area contributed by atoms with Crippen molar-refractivity contribution in [3.05, 3.63) is 30.5 Å². The number of hydrogen-bond donors (Lipinski definition) is 2. The predicted molar refractivity (Wildman–Crippen MR) is 227 cm³/mol. The average Bonchev–Trinajstić information content (AvgIpc) is 3.78. The van der Waals surface area contributed by atoms with E-state index >= 15 is 0 Å². The number of benzene rings is 1. The minimum atomic E-state index is -1.23. The van der Waals surface area contributed by atoms with Gasteiger partial charge in [0.25, 0.3) is 0 Å². The van der Waals surface area contributed by atoms with Gasteiger partial charge in [0.1, 0.15) is 23.8 Å². The van der Waals surface area contributed by atoms with E-state index in [0.29, 0.717) is 57.4 Å². The quantitative estimate of drug-likeness (QED) is 0.138. The molecule has 3 saturated heterocycles. The molecule has 0 radical (unpaired) electrons. The van der Waals surface area contributed by atoms with Gasteiger partial charge in [0.2, 0.25) is 0 Å². The molecule has 3 fully saturated rings. The molecule has 4 heterocycles. The molecule has 3 aliphatic rings. The number of unbranched alkanes of at least 4 members (excludes halogenated alkanes) is 1. The Bertz CT molecular complexity index is 1780. The van der Waals surface area contributed by atoms with Crippen LogP contribution in [0.25, 0.3) is 11.3 Å². The number of anilines is 1. The van der Waals surface area contributed by atoms with Crippen LogP contribution in [-0.2, 0) is 39.8 Å². The number of aliphatic hydroxyl groups excluding tert-OH is 1. The normalized spacial score (nSPS) is 36.4. The number of hydrogen-bond acceptors (Lipinski definition) is 14. The third-order valence-corrected chi connectivity index (χ3v) is 13.3. The molecule has 3 N–H and O–H groups in total. The Morgan fingerprint density at radius 2 is 1.77 bits per heavy atom. The number of rotatable bonds is 11. The number of aliphatic hydroxyl groups is 1. The highest BCUT2D eigenvalue weighted by Gasteiger charge is 2.59. The van der Waals surface area contributed by atoms with Crippen LogP contribution in [-0.4, -0.2) is 154 Å². The van der Waals surface area contributed by atoms with Crippen LogP contribution < -0.4 is 5.73 Å². The van der Waals surface area contributed by atoms with Crippen LogP contribution >= 0.6 is 0 Å². The molecule has 0 spiro atoms. The smallest absolute Gasteiger partial charge is 0.410 e. The molecule has 336 valence electrons. The van der Waals surface area contributed by atoms with Gasteiger partial charge in [-0.15, -0.1) is 5.10 Å². The Balaban J connectivity index is 1.40. The number of aryl methyl sites for hydroxylation is 1. The minimum Gasteiger partial charge on any atom is -0.458 e. The Labute approximate surface area is 356 Å². The molecule has 1 aromatic carbocycles. The van der Waals surface area contributed by atoms with Gasteiger partial charge in [0.05, 0.1) is 30.0 Å². The van der Waals surface area contributed by atoms with Crippen molar-refractivity contribution in [2.75, 3.05) is 47.1 Å². The van der Waals surface area contributed by atoms with Gasteiger partial charge in [-0.1, -0.05) is 38.1 Å². The fourth-order valence-electron chi connectivity index (χ4n) is 9.82. The number of ether oxygens (including phenoxy) is 5. The maximum atomic E-state index is 14.4. The number of likely N-dealkylation sites (N-methyl/N-ethyl adjacent to an activating group) is 2. The van der Waals surface area contributed by atoms with Gasteiger partial charge in [0, 0.05) is 56.0 Å². The summed E-state index contributed by atoms with van der Waals surface area (Å²) < 4.78 is 33.5. The largest absolute Gasteiger partial charge is 0.458 e. The monoisotopic (exact) mass is 842 g/mol. The van der Waals surface area contributed by atoms with Crippen molar-refractivity contribution in [2.24, 2.45) is 17.8 Å². The van der Waals surface area contributed by atoms with Crippen molar-refractivity contribution in [1.29, 1.82) is 0 Å². The number of ketones is 1. The Morgan fingerprint density at radius 1 is 1.07 bits per heavy atom. The lowest BCUT2D eigenvalue weighted by atomic mass is 9.78. The third-order valence-electron chi connectivity index (χ3n) is 13.3. The average molecular weight is 842 g/mol. The summed E-state index contributed by atoms with van der Waals surface area (Å²) in [7, 11) is 7.43. The topological polar surface area (TPSA) is 184 Å². The summed E-state index contributed by atoms with van der Waals surface area (Å²) in [6, 6.07) is 6.53. The second kappa shape index (κ2) is 19.6. The van der Waals surface area contributed by atoms with Crippen LogP contribution in [0.1, 0.15) is 87.5 Å². The van der Waals surface area contributed by atoms with Crippen molar-refractivity contribution >= 4 is 23.5 Å². The number of Topliss-reactive ketones (excluding diaryl/α,β-unsaturated/α-hetero) is 1. The maximum Gasteiger partial charge on any atom is 0.410 e. The van der Waals surface area contributed by atoms with Gasteiger partial charge < -0.3 is 44.3 Å². The lowest BCUT2D eigenvalue weighted by Gasteiger charge is -2.47. The van der Waals surface area contributed by atoms with E-state index in [1.807, 2.05) is 84.2 Å². The van der Waals surface area contributed by atoms with Crippen molar-refractivity contribution < 1.29 is 43.2 Å². The molecule has 0 bridgehead atoms. The summed E-state index contributed by atoms with van der Waals surface area (Å²) in [4.78, 5) is 48.4. The molecule has 1 aromatic heterocycles. The van der Waals surface area contributed by atoms with Crippen LogP contribution in [0.3, 0.4) is 0 Å². The van der Waals surface area contributed by atoms with E-state index in [4.69, 9.17) is 29.4 Å². The zero-order chi connectivity index (χ0) is 44.3. The van der Waals surface area contributed by atoms with Gasteiger partial charge in [-0.2, -0.15) is 0 Å². The molecule has 13 atom stereocenters. The zero-order valence-corrected chi connectivity index (χ0v) is 37.9. The number of amides is 1. The first-order chi connectivity index (χ1) is 28.2. The van der Waals surface area contributed by atoms with Gasteiger partial charge in [-0.3, -0.25) is 19.2 Å². The zero-order valence-electron chi connectivity index (χ0n) is 37.9. The van der Waals surface area contributed by atoms with Gasteiger partial charge >= 0.3 is 12.1 Å². The van der Waals surface area contributed by atoms with Gasteiger partial charge in [-0.05, 0) is 106 Å².